The minimum Gasteiger partial charge on any atom is -0.493 e. The van der Waals surface area contributed by atoms with Gasteiger partial charge in [-0.25, -0.2) is 0 Å². The Labute approximate surface area is 167 Å². The summed E-state index contributed by atoms with van der Waals surface area (Å²) in [5, 5.41) is 10.5. The van der Waals surface area contributed by atoms with Crippen molar-refractivity contribution in [2.75, 3.05) is 7.11 Å². The van der Waals surface area contributed by atoms with Gasteiger partial charge in [-0.05, 0) is 48.1 Å². The van der Waals surface area contributed by atoms with Crippen LogP contribution in [-0.4, -0.2) is 12.2 Å². The SMILES string of the molecule is COc1cc(C(O)CCCCc2ccccc2)ccc1OCc1ccccc1. The van der Waals surface area contributed by atoms with Gasteiger partial charge in [-0.1, -0.05) is 73.2 Å². The Balaban J connectivity index is 1.51. The molecular formula is C25H28O3. The molecule has 0 fully saturated rings. The summed E-state index contributed by atoms with van der Waals surface area (Å²) in [6, 6.07) is 26.2. The van der Waals surface area contributed by atoms with Crippen LogP contribution in [0.5, 0.6) is 11.5 Å². The van der Waals surface area contributed by atoms with E-state index in [1.165, 1.54) is 5.56 Å². The summed E-state index contributed by atoms with van der Waals surface area (Å²) in [6.45, 7) is 0.485. The Kier molecular flexibility index (Phi) is 7.51. The van der Waals surface area contributed by atoms with Gasteiger partial charge in [0.25, 0.3) is 0 Å². The Morgan fingerprint density at radius 1 is 0.786 bits per heavy atom. The van der Waals surface area contributed by atoms with E-state index in [1.807, 2.05) is 54.6 Å². The predicted octanol–water partition coefficient (Wildman–Crippen LogP) is 5.72. The molecule has 3 heteroatoms. The number of hydrogen-bond acceptors (Lipinski definition) is 3. The average Bonchev–Trinajstić information content (AvgIpc) is 2.76. The van der Waals surface area contributed by atoms with E-state index in [-0.39, 0.29) is 0 Å². The molecule has 0 radical (unpaired) electrons. The molecule has 3 nitrogen and oxygen atoms in total. The highest BCUT2D eigenvalue weighted by molar-refractivity contribution is 5.43. The summed E-state index contributed by atoms with van der Waals surface area (Å²) >= 11 is 0. The number of methoxy groups -OCH3 is 1. The van der Waals surface area contributed by atoms with Gasteiger partial charge in [-0.15, -0.1) is 0 Å². The number of ether oxygens (including phenoxy) is 2. The maximum atomic E-state index is 10.5. The molecule has 0 aliphatic heterocycles. The van der Waals surface area contributed by atoms with Crippen molar-refractivity contribution in [3.8, 4) is 11.5 Å². The molecule has 0 heterocycles. The van der Waals surface area contributed by atoms with Crippen LogP contribution >= 0.6 is 0 Å². The van der Waals surface area contributed by atoms with Gasteiger partial charge in [0.05, 0.1) is 13.2 Å². The Morgan fingerprint density at radius 2 is 1.46 bits per heavy atom. The third kappa shape index (κ3) is 5.86. The largest absolute Gasteiger partial charge is 0.493 e. The molecule has 0 bridgehead atoms. The molecule has 3 rings (SSSR count). The summed E-state index contributed by atoms with van der Waals surface area (Å²) in [4.78, 5) is 0. The third-order valence-corrected chi connectivity index (χ3v) is 4.85. The molecule has 0 saturated carbocycles. The normalized spacial score (nSPS) is 11.8. The van der Waals surface area contributed by atoms with E-state index in [4.69, 9.17) is 9.47 Å². The zero-order chi connectivity index (χ0) is 19.6. The summed E-state index contributed by atoms with van der Waals surface area (Å²) in [5.74, 6) is 1.34. The molecule has 0 aliphatic carbocycles. The van der Waals surface area contributed by atoms with E-state index in [2.05, 4.69) is 24.3 Å². The number of aliphatic hydroxyl groups is 1. The number of aliphatic hydroxyl groups excluding tert-OH is 1. The molecular weight excluding hydrogens is 348 g/mol. The summed E-state index contributed by atoms with van der Waals surface area (Å²) < 4.78 is 11.4. The van der Waals surface area contributed by atoms with Crippen molar-refractivity contribution in [3.63, 3.8) is 0 Å². The third-order valence-electron chi connectivity index (χ3n) is 4.85. The van der Waals surface area contributed by atoms with Crippen molar-refractivity contribution in [1.29, 1.82) is 0 Å². The zero-order valence-corrected chi connectivity index (χ0v) is 16.4. The van der Waals surface area contributed by atoms with Gasteiger partial charge in [0.1, 0.15) is 6.61 Å². The fourth-order valence-corrected chi connectivity index (χ4v) is 3.22. The van der Waals surface area contributed by atoms with E-state index < -0.39 is 6.10 Å². The van der Waals surface area contributed by atoms with Crippen LogP contribution in [0.25, 0.3) is 0 Å². The Hall–Kier alpha value is -2.78. The molecule has 1 N–H and O–H groups in total. The molecule has 1 unspecified atom stereocenters. The maximum Gasteiger partial charge on any atom is 0.161 e. The lowest BCUT2D eigenvalue weighted by atomic mass is 10.0. The second-order valence-electron chi connectivity index (χ2n) is 6.93. The first-order chi connectivity index (χ1) is 13.8. The predicted molar refractivity (Wildman–Crippen MR) is 113 cm³/mol. The minimum atomic E-state index is -0.493. The lowest BCUT2D eigenvalue weighted by molar-refractivity contribution is 0.163. The number of benzene rings is 3. The van der Waals surface area contributed by atoms with Crippen LogP contribution in [0.1, 0.15) is 42.1 Å². The highest BCUT2D eigenvalue weighted by Crippen LogP contribution is 2.32. The maximum absolute atomic E-state index is 10.5. The van der Waals surface area contributed by atoms with Crippen molar-refractivity contribution in [2.24, 2.45) is 0 Å². The second-order valence-corrected chi connectivity index (χ2v) is 6.93. The molecule has 1 atom stereocenters. The Morgan fingerprint density at radius 3 is 2.14 bits per heavy atom. The fourth-order valence-electron chi connectivity index (χ4n) is 3.22. The van der Waals surface area contributed by atoms with E-state index in [0.717, 1.165) is 36.8 Å². The van der Waals surface area contributed by atoms with Gasteiger partial charge >= 0.3 is 0 Å². The second kappa shape index (κ2) is 10.5. The standard InChI is InChI=1S/C25H28O3/c1-27-25-18-22(16-17-24(25)28-19-21-13-6-3-7-14-21)23(26)15-9-8-12-20-10-4-2-5-11-20/h2-7,10-11,13-14,16-18,23,26H,8-9,12,15,19H2,1H3. The molecule has 3 aromatic rings. The number of rotatable bonds is 10. The van der Waals surface area contributed by atoms with Crippen LogP contribution < -0.4 is 9.47 Å². The van der Waals surface area contributed by atoms with Gasteiger partial charge in [-0.3, -0.25) is 0 Å². The fraction of sp³-hybridized carbons (Fsp3) is 0.280. The smallest absolute Gasteiger partial charge is 0.161 e. The first-order valence-electron chi connectivity index (χ1n) is 9.83. The van der Waals surface area contributed by atoms with Crippen LogP contribution in [0.15, 0.2) is 78.9 Å². The van der Waals surface area contributed by atoms with Gasteiger partial charge in [0, 0.05) is 0 Å². The van der Waals surface area contributed by atoms with E-state index in [0.29, 0.717) is 18.1 Å². The van der Waals surface area contributed by atoms with Crippen LogP contribution in [0.4, 0.5) is 0 Å². The van der Waals surface area contributed by atoms with Crippen molar-refractivity contribution in [2.45, 2.75) is 38.4 Å². The molecule has 0 aromatic heterocycles. The van der Waals surface area contributed by atoms with Gasteiger partial charge in [0.2, 0.25) is 0 Å². The first-order valence-corrected chi connectivity index (χ1v) is 9.83. The topological polar surface area (TPSA) is 38.7 Å². The monoisotopic (exact) mass is 376 g/mol. The zero-order valence-electron chi connectivity index (χ0n) is 16.4. The van der Waals surface area contributed by atoms with E-state index in [9.17, 15) is 5.11 Å². The molecule has 3 aromatic carbocycles. The van der Waals surface area contributed by atoms with E-state index in [1.54, 1.807) is 7.11 Å². The van der Waals surface area contributed by atoms with Crippen molar-refractivity contribution < 1.29 is 14.6 Å². The minimum absolute atomic E-state index is 0.485. The molecule has 0 saturated heterocycles. The van der Waals surface area contributed by atoms with Gasteiger partial charge < -0.3 is 14.6 Å². The lowest BCUT2D eigenvalue weighted by Gasteiger charge is -2.15. The van der Waals surface area contributed by atoms with Gasteiger partial charge in [0.15, 0.2) is 11.5 Å². The highest BCUT2D eigenvalue weighted by Gasteiger charge is 2.12. The average molecular weight is 376 g/mol. The van der Waals surface area contributed by atoms with Crippen molar-refractivity contribution in [3.05, 3.63) is 95.6 Å². The molecule has 0 aliphatic rings. The van der Waals surface area contributed by atoms with Crippen LogP contribution in [0.2, 0.25) is 0 Å². The highest BCUT2D eigenvalue weighted by atomic mass is 16.5. The van der Waals surface area contributed by atoms with Gasteiger partial charge in [-0.2, -0.15) is 0 Å². The Bertz CT molecular complexity index is 831. The summed E-state index contributed by atoms with van der Waals surface area (Å²) in [5.41, 5.74) is 3.31. The molecule has 0 spiro atoms. The quantitative estimate of drug-likeness (QED) is 0.460. The first kappa shape index (κ1) is 20.0. The van der Waals surface area contributed by atoms with Crippen LogP contribution in [0.3, 0.4) is 0 Å². The van der Waals surface area contributed by atoms with Crippen molar-refractivity contribution in [1.82, 2.24) is 0 Å². The molecule has 28 heavy (non-hydrogen) atoms. The van der Waals surface area contributed by atoms with Crippen LogP contribution in [0, 0.1) is 0 Å². The summed E-state index contributed by atoms with van der Waals surface area (Å²) in [7, 11) is 1.63. The number of aryl methyl sites for hydroxylation is 1. The summed E-state index contributed by atoms with van der Waals surface area (Å²) in [6.07, 6.45) is 3.33. The number of unbranched alkanes of at least 4 members (excludes halogenated alkanes) is 1. The van der Waals surface area contributed by atoms with Crippen LogP contribution in [-0.2, 0) is 13.0 Å². The number of hydrogen-bond donors (Lipinski definition) is 1. The van der Waals surface area contributed by atoms with Crippen molar-refractivity contribution >= 4 is 0 Å². The molecule has 146 valence electrons. The molecule has 0 amide bonds. The van der Waals surface area contributed by atoms with E-state index >= 15 is 0 Å². The lowest BCUT2D eigenvalue weighted by Crippen LogP contribution is -2.01.